The zero-order valence-electron chi connectivity index (χ0n) is 10.5. The highest BCUT2D eigenvalue weighted by atomic mass is 32.1. The molecule has 0 spiro atoms. The molecule has 0 aromatic carbocycles. The maximum absolute atomic E-state index is 5.17. The molecule has 0 aliphatic rings. The van der Waals surface area contributed by atoms with Crippen LogP contribution < -0.4 is 10.1 Å². The molecule has 0 fully saturated rings. The number of hydrogen-bond donors (Lipinski definition) is 1. The van der Waals surface area contributed by atoms with Crippen LogP contribution in [0.15, 0.2) is 18.3 Å². The lowest BCUT2D eigenvalue weighted by Gasteiger charge is -2.08. The van der Waals surface area contributed by atoms with Gasteiger partial charge in [0.05, 0.1) is 19.9 Å². The van der Waals surface area contributed by atoms with Crippen LogP contribution in [0.2, 0.25) is 0 Å². The number of rotatable bonds is 4. The summed E-state index contributed by atoms with van der Waals surface area (Å²) in [6.07, 6.45) is 1.70. The van der Waals surface area contributed by atoms with Crippen LogP contribution in [0.25, 0.3) is 5.65 Å². The fraction of sp³-hybridized carbons (Fsp3) is 0.273. The van der Waals surface area contributed by atoms with Crippen LogP contribution in [0, 0.1) is 6.92 Å². The summed E-state index contributed by atoms with van der Waals surface area (Å²) in [4.78, 5) is 4.29. The molecule has 0 atom stereocenters. The van der Waals surface area contributed by atoms with E-state index < -0.39 is 0 Å². The zero-order valence-corrected chi connectivity index (χ0v) is 11.3. The smallest absolute Gasteiger partial charge is 0.218 e. The third kappa shape index (κ3) is 2.34. The summed E-state index contributed by atoms with van der Waals surface area (Å²) < 4.78 is 6.89. The van der Waals surface area contributed by atoms with E-state index in [1.807, 2.05) is 13.0 Å². The minimum Gasteiger partial charge on any atom is -0.481 e. The molecule has 0 amide bonds. The number of aryl methyl sites for hydroxylation is 1. The Bertz CT molecular complexity index is 706. The molecule has 0 saturated carbocycles. The zero-order chi connectivity index (χ0) is 13.2. The minimum absolute atomic E-state index is 0.545. The van der Waals surface area contributed by atoms with E-state index in [1.165, 1.54) is 0 Å². The predicted octanol–water partition coefficient (Wildman–Crippen LogP) is 1.51. The van der Waals surface area contributed by atoms with E-state index in [0.29, 0.717) is 12.4 Å². The van der Waals surface area contributed by atoms with Gasteiger partial charge in [0.15, 0.2) is 5.65 Å². The van der Waals surface area contributed by atoms with Crippen LogP contribution in [-0.4, -0.2) is 31.9 Å². The van der Waals surface area contributed by atoms with E-state index in [4.69, 9.17) is 4.74 Å². The normalized spacial score (nSPS) is 10.8. The molecule has 98 valence electrons. The molecular weight excluding hydrogens is 264 g/mol. The molecule has 1 N–H and O–H groups in total. The quantitative estimate of drug-likeness (QED) is 0.778. The van der Waals surface area contributed by atoms with Crippen molar-refractivity contribution in [3.8, 4) is 5.88 Å². The Balaban J connectivity index is 1.88. The summed E-state index contributed by atoms with van der Waals surface area (Å²) in [5.41, 5.74) is 0.732. The van der Waals surface area contributed by atoms with E-state index in [1.54, 1.807) is 35.2 Å². The van der Waals surface area contributed by atoms with Gasteiger partial charge < -0.3 is 10.1 Å². The SMILES string of the molecule is COc1cc(NCc2nnc(C)s2)n2nccc2n1. The number of anilines is 1. The average molecular weight is 276 g/mol. The van der Waals surface area contributed by atoms with Crippen LogP contribution >= 0.6 is 11.3 Å². The summed E-state index contributed by atoms with van der Waals surface area (Å²) in [5, 5.41) is 17.4. The summed E-state index contributed by atoms with van der Waals surface area (Å²) in [7, 11) is 1.59. The molecule has 8 heteroatoms. The van der Waals surface area contributed by atoms with Crippen molar-refractivity contribution in [2.24, 2.45) is 0 Å². The minimum atomic E-state index is 0.545. The fourth-order valence-electron chi connectivity index (χ4n) is 1.70. The molecule has 0 bridgehead atoms. The Morgan fingerprint density at radius 2 is 2.32 bits per heavy atom. The number of nitrogens with zero attached hydrogens (tertiary/aromatic N) is 5. The summed E-state index contributed by atoms with van der Waals surface area (Å²) in [6, 6.07) is 3.62. The van der Waals surface area contributed by atoms with Gasteiger partial charge in [0.2, 0.25) is 5.88 Å². The first kappa shape index (κ1) is 11.8. The highest BCUT2D eigenvalue weighted by molar-refractivity contribution is 7.11. The topological polar surface area (TPSA) is 77.2 Å². The molecule has 3 heterocycles. The largest absolute Gasteiger partial charge is 0.481 e. The van der Waals surface area contributed by atoms with Gasteiger partial charge in [0.25, 0.3) is 0 Å². The number of nitrogens with one attached hydrogen (secondary N) is 1. The lowest BCUT2D eigenvalue weighted by atomic mass is 10.5. The average Bonchev–Trinajstić information content (AvgIpc) is 3.04. The van der Waals surface area contributed by atoms with Crippen molar-refractivity contribution in [1.82, 2.24) is 24.8 Å². The second-order valence-corrected chi connectivity index (χ2v) is 5.12. The van der Waals surface area contributed by atoms with Crippen LogP contribution in [-0.2, 0) is 6.54 Å². The maximum Gasteiger partial charge on any atom is 0.218 e. The molecule has 0 saturated heterocycles. The Kier molecular flexibility index (Phi) is 3.00. The van der Waals surface area contributed by atoms with Crippen molar-refractivity contribution in [3.05, 3.63) is 28.3 Å². The predicted molar refractivity (Wildman–Crippen MR) is 71.5 cm³/mol. The van der Waals surface area contributed by atoms with Crippen LogP contribution in [0.1, 0.15) is 10.0 Å². The van der Waals surface area contributed by atoms with Crippen molar-refractivity contribution < 1.29 is 4.74 Å². The standard InChI is InChI=1S/C11H12N6OS/c1-7-15-16-11(19-7)6-12-9-5-10(18-2)14-8-3-4-13-17(8)9/h3-5,12H,6H2,1-2H3. The molecule has 19 heavy (non-hydrogen) atoms. The third-order valence-corrected chi connectivity index (χ3v) is 3.37. The Labute approximate surface area is 113 Å². The van der Waals surface area contributed by atoms with Gasteiger partial charge in [-0.3, -0.25) is 0 Å². The van der Waals surface area contributed by atoms with Crippen LogP contribution in [0.3, 0.4) is 0 Å². The number of hydrogen-bond acceptors (Lipinski definition) is 7. The van der Waals surface area contributed by atoms with E-state index in [-0.39, 0.29) is 0 Å². The fourth-order valence-corrected chi connectivity index (χ4v) is 2.34. The second-order valence-electron chi connectivity index (χ2n) is 3.85. The van der Waals surface area contributed by atoms with E-state index in [0.717, 1.165) is 21.5 Å². The molecular formula is C11H12N6OS. The van der Waals surface area contributed by atoms with E-state index in [2.05, 4.69) is 25.6 Å². The molecule has 7 nitrogen and oxygen atoms in total. The first-order valence-corrected chi connectivity index (χ1v) is 6.49. The second kappa shape index (κ2) is 4.81. The summed E-state index contributed by atoms with van der Waals surface area (Å²) in [5.74, 6) is 1.35. The van der Waals surface area contributed by atoms with Crippen molar-refractivity contribution in [2.45, 2.75) is 13.5 Å². The van der Waals surface area contributed by atoms with Gasteiger partial charge in [-0.2, -0.15) is 14.6 Å². The first-order valence-electron chi connectivity index (χ1n) is 5.68. The lowest BCUT2D eigenvalue weighted by Crippen LogP contribution is -2.06. The molecule has 3 aromatic heterocycles. The summed E-state index contributed by atoms with van der Waals surface area (Å²) >= 11 is 1.56. The Morgan fingerprint density at radius 3 is 3.05 bits per heavy atom. The first-order chi connectivity index (χ1) is 9.26. The molecule has 0 unspecified atom stereocenters. The van der Waals surface area contributed by atoms with Crippen molar-refractivity contribution >= 4 is 22.8 Å². The summed E-state index contributed by atoms with van der Waals surface area (Å²) in [6.45, 7) is 2.52. The van der Waals surface area contributed by atoms with E-state index in [9.17, 15) is 0 Å². The monoisotopic (exact) mass is 276 g/mol. The van der Waals surface area contributed by atoms with Crippen LogP contribution in [0.4, 0.5) is 5.82 Å². The van der Waals surface area contributed by atoms with Gasteiger partial charge >= 0.3 is 0 Å². The van der Waals surface area contributed by atoms with Crippen LogP contribution in [0.5, 0.6) is 5.88 Å². The van der Waals surface area contributed by atoms with Gasteiger partial charge in [0.1, 0.15) is 15.8 Å². The molecule has 3 aromatic rings. The highest BCUT2D eigenvalue weighted by Crippen LogP contribution is 2.18. The molecule has 3 rings (SSSR count). The maximum atomic E-state index is 5.17. The van der Waals surface area contributed by atoms with Gasteiger partial charge in [-0.05, 0) is 6.92 Å². The number of aromatic nitrogens is 5. The van der Waals surface area contributed by atoms with Gasteiger partial charge in [-0.1, -0.05) is 11.3 Å². The molecule has 0 aliphatic heterocycles. The van der Waals surface area contributed by atoms with Gasteiger partial charge in [-0.15, -0.1) is 10.2 Å². The Morgan fingerprint density at radius 1 is 1.42 bits per heavy atom. The Hall–Kier alpha value is -2.22. The highest BCUT2D eigenvalue weighted by Gasteiger charge is 2.07. The lowest BCUT2D eigenvalue weighted by molar-refractivity contribution is 0.398. The third-order valence-electron chi connectivity index (χ3n) is 2.53. The van der Waals surface area contributed by atoms with Gasteiger partial charge in [-0.25, -0.2) is 0 Å². The number of methoxy groups -OCH3 is 1. The number of ether oxygens (including phenoxy) is 1. The van der Waals surface area contributed by atoms with Crippen molar-refractivity contribution in [2.75, 3.05) is 12.4 Å². The van der Waals surface area contributed by atoms with Crippen molar-refractivity contribution in [1.29, 1.82) is 0 Å². The molecule has 0 aliphatic carbocycles. The van der Waals surface area contributed by atoms with Gasteiger partial charge in [0, 0.05) is 12.1 Å². The van der Waals surface area contributed by atoms with Crippen molar-refractivity contribution in [3.63, 3.8) is 0 Å². The number of fused-ring (bicyclic) bond motifs is 1. The molecule has 0 radical (unpaired) electrons. The van der Waals surface area contributed by atoms with E-state index >= 15 is 0 Å².